The number of carbonyl (C=O) groups excluding carboxylic acids is 2. The number of thioether (sulfide) groups is 1. The molecule has 4 nitrogen and oxygen atoms in total. The Bertz CT molecular complexity index is 798. The molecule has 0 radical (unpaired) electrons. The number of benzene rings is 2. The van der Waals surface area contributed by atoms with Gasteiger partial charge in [-0.25, -0.2) is 4.39 Å². The van der Waals surface area contributed by atoms with Crippen molar-refractivity contribution in [2.75, 3.05) is 17.6 Å². The first-order valence-corrected chi connectivity index (χ1v) is 9.14. The molecule has 1 aliphatic rings. The third kappa shape index (κ3) is 4.52. The number of hydrogen-bond donors (Lipinski definition) is 2. The number of anilines is 1. The third-order valence-corrected chi connectivity index (χ3v) is 5.12. The van der Waals surface area contributed by atoms with Gasteiger partial charge in [0.25, 0.3) is 0 Å². The highest BCUT2D eigenvalue weighted by Gasteiger charge is 2.30. The zero-order valence-corrected chi connectivity index (χ0v) is 14.8. The van der Waals surface area contributed by atoms with Crippen molar-refractivity contribution in [3.63, 3.8) is 0 Å². The van der Waals surface area contributed by atoms with Crippen molar-refractivity contribution in [1.82, 2.24) is 5.32 Å². The number of hydrogen-bond acceptors (Lipinski definition) is 3. The summed E-state index contributed by atoms with van der Waals surface area (Å²) in [6, 6.07) is 11.6. The van der Waals surface area contributed by atoms with E-state index in [0.29, 0.717) is 28.6 Å². The maximum atomic E-state index is 13.3. The first-order chi connectivity index (χ1) is 12.0. The van der Waals surface area contributed by atoms with Gasteiger partial charge in [-0.05, 0) is 42.0 Å². The largest absolute Gasteiger partial charge is 0.355 e. The molecular formula is C18H16ClFN2O2S. The Morgan fingerprint density at radius 1 is 1.28 bits per heavy atom. The highest BCUT2D eigenvalue weighted by Crippen LogP contribution is 2.32. The summed E-state index contributed by atoms with van der Waals surface area (Å²) < 4.78 is 13.3. The SMILES string of the molecule is O=C1CC(C(=O)NCCSc2ccc(Cl)cc2)c2ccc(F)cc2N1. The van der Waals surface area contributed by atoms with E-state index in [0.717, 1.165) is 4.90 Å². The lowest BCUT2D eigenvalue weighted by Crippen LogP contribution is -2.36. The van der Waals surface area contributed by atoms with E-state index in [-0.39, 0.29) is 18.2 Å². The lowest BCUT2D eigenvalue weighted by atomic mass is 9.90. The van der Waals surface area contributed by atoms with Crippen LogP contribution in [0.3, 0.4) is 0 Å². The number of carbonyl (C=O) groups is 2. The molecule has 0 saturated heterocycles. The van der Waals surface area contributed by atoms with E-state index in [1.807, 2.05) is 24.3 Å². The van der Waals surface area contributed by atoms with E-state index in [1.54, 1.807) is 17.8 Å². The van der Waals surface area contributed by atoms with Gasteiger partial charge in [-0.3, -0.25) is 9.59 Å². The molecule has 0 fully saturated rings. The zero-order valence-electron chi connectivity index (χ0n) is 13.2. The van der Waals surface area contributed by atoms with E-state index < -0.39 is 11.7 Å². The Balaban J connectivity index is 1.56. The molecule has 130 valence electrons. The molecule has 7 heteroatoms. The van der Waals surface area contributed by atoms with Crippen LogP contribution in [0.1, 0.15) is 17.9 Å². The van der Waals surface area contributed by atoms with Crippen molar-refractivity contribution in [3.8, 4) is 0 Å². The number of halogens is 2. The van der Waals surface area contributed by atoms with Crippen LogP contribution in [-0.2, 0) is 9.59 Å². The molecular weight excluding hydrogens is 363 g/mol. The Hall–Kier alpha value is -2.05. The average molecular weight is 379 g/mol. The molecule has 0 bridgehead atoms. The normalized spacial score (nSPS) is 16.1. The molecule has 0 aromatic heterocycles. The van der Waals surface area contributed by atoms with Crippen molar-refractivity contribution >= 4 is 40.9 Å². The van der Waals surface area contributed by atoms with Crippen molar-refractivity contribution in [2.45, 2.75) is 17.2 Å². The molecule has 1 heterocycles. The van der Waals surface area contributed by atoms with Gasteiger partial charge < -0.3 is 10.6 Å². The molecule has 1 unspecified atom stereocenters. The van der Waals surface area contributed by atoms with Crippen LogP contribution in [0.15, 0.2) is 47.4 Å². The van der Waals surface area contributed by atoms with Crippen molar-refractivity contribution in [1.29, 1.82) is 0 Å². The summed E-state index contributed by atoms with van der Waals surface area (Å²) in [5, 5.41) is 6.14. The van der Waals surface area contributed by atoms with E-state index in [2.05, 4.69) is 10.6 Å². The van der Waals surface area contributed by atoms with Crippen LogP contribution in [0.2, 0.25) is 5.02 Å². The Morgan fingerprint density at radius 2 is 2.04 bits per heavy atom. The monoisotopic (exact) mass is 378 g/mol. The van der Waals surface area contributed by atoms with Gasteiger partial charge in [-0.2, -0.15) is 0 Å². The minimum Gasteiger partial charge on any atom is -0.355 e. The molecule has 0 saturated carbocycles. The molecule has 3 rings (SSSR count). The number of nitrogens with one attached hydrogen (secondary N) is 2. The molecule has 1 atom stereocenters. The summed E-state index contributed by atoms with van der Waals surface area (Å²) in [4.78, 5) is 25.3. The fraction of sp³-hybridized carbons (Fsp3) is 0.222. The summed E-state index contributed by atoms with van der Waals surface area (Å²) in [6.45, 7) is 0.473. The minimum absolute atomic E-state index is 0.0643. The molecule has 0 spiro atoms. The van der Waals surface area contributed by atoms with Crippen LogP contribution >= 0.6 is 23.4 Å². The van der Waals surface area contributed by atoms with Crippen LogP contribution < -0.4 is 10.6 Å². The highest BCUT2D eigenvalue weighted by atomic mass is 35.5. The minimum atomic E-state index is -0.593. The predicted molar refractivity (Wildman–Crippen MR) is 97.6 cm³/mol. The van der Waals surface area contributed by atoms with Crippen molar-refractivity contribution in [2.24, 2.45) is 0 Å². The number of fused-ring (bicyclic) bond motifs is 1. The van der Waals surface area contributed by atoms with Crippen molar-refractivity contribution in [3.05, 3.63) is 58.9 Å². The average Bonchev–Trinajstić information content (AvgIpc) is 2.59. The topological polar surface area (TPSA) is 58.2 Å². The Labute approximate surface area is 154 Å². The van der Waals surface area contributed by atoms with Crippen LogP contribution in [0, 0.1) is 5.82 Å². The number of rotatable bonds is 5. The second kappa shape index (κ2) is 7.89. The maximum Gasteiger partial charge on any atom is 0.228 e. The van der Waals surface area contributed by atoms with Crippen molar-refractivity contribution < 1.29 is 14.0 Å². The summed E-state index contributed by atoms with van der Waals surface area (Å²) in [6.07, 6.45) is 0.0643. The lowest BCUT2D eigenvalue weighted by molar-refractivity contribution is -0.126. The second-order valence-electron chi connectivity index (χ2n) is 5.63. The zero-order chi connectivity index (χ0) is 17.8. The van der Waals surface area contributed by atoms with Gasteiger partial charge >= 0.3 is 0 Å². The summed E-state index contributed by atoms with van der Waals surface area (Å²) in [7, 11) is 0. The Morgan fingerprint density at radius 3 is 2.80 bits per heavy atom. The molecule has 25 heavy (non-hydrogen) atoms. The van der Waals surface area contributed by atoms with Gasteiger partial charge in [-0.1, -0.05) is 17.7 Å². The fourth-order valence-corrected chi connectivity index (χ4v) is 3.56. The van der Waals surface area contributed by atoms with E-state index in [4.69, 9.17) is 11.6 Å². The van der Waals surface area contributed by atoms with Crippen LogP contribution in [0.4, 0.5) is 10.1 Å². The van der Waals surface area contributed by atoms with Crippen LogP contribution in [-0.4, -0.2) is 24.1 Å². The Kier molecular flexibility index (Phi) is 5.60. The third-order valence-electron chi connectivity index (χ3n) is 3.85. The summed E-state index contributed by atoms with van der Waals surface area (Å²) >= 11 is 7.44. The molecule has 1 aliphatic heterocycles. The van der Waals surface area contributed by atoms with Crippen LogP contribution in [0.25, 0.3) is 0 Å². The maximum absolute atomic E-state index is 13.3. The quantitative estimate of drug-likeness (QED) is 0.614. The first kappa shape index (κ1) is 17.8. The van der Waals surface area contributed by atoms with Gasteiger partial charge in [0.05, 0.1) is 5.92 Å². The molecule has 2 aromatic rings. The van der Waals surface area contributed by atoms with Gasteiger partial charge in [0, 0.05) is 34.3 Å². The molecule has 2 N–H and O–H groups in total. The second-order valence-corrected chi connectivity index (χ2v) is 7.23. The van der Waals surface area contributed by atoms with Gasteiger partial charge in [0.1, 0.15) is 5.82 Å². The molecule has 2 aromatic carbocycles. The van der Waals surface area contributed by atoms with Crippen LogP contribution in [0.5, 0.6) is 0 Å². The van der Waals surface area contributed by atoms with E-state index in [1.165, 1.54) is 12.1 Å². The highest BCUT2D eigenvalue weighted by molar-refractivity contribution is 7.99. The first-order valence-electron chi connectivity index (χ1n) is 7.78. The number of amides is 2. The van der Waals surface area contributed by atoms with Gasteiger partial charge in [0.2, 0.25) is 11.8 Å². The molecule has 2 amide bonds. The molecule has 0 aliphatic carbocycles. The standard InChI is InChI=1S/C18H16ClFN2O2S/c19-11-1-4-13(5-2-11)25-8-7-21-18(24)15-10-17(23)22-16-9-12(20)3-6-14(15)16/h1-6,9,15H,7-8,10H2,(H,21,24)(H,22,23). The van der Waals surface area contributed by atoms with Gasteiger partial charge in [0.15, 0.2) is 0 Å². The predicted octanol–water partition coefficient (Wildman–Crippen LogP) is 3.81. The fourth-order valence-electron chi connectivity index (χ4n) is 2.67. The van der Waals surface area contributed by atoms with E-state index in [9.17, 15) is 14.0 Å². The van der Waals surface area contributed by atoms with E-state index >= 15 is 0 Å². The summed E-state index contributed by atoms with van der Waals surface area (Å²) in [5.74, 6) is -0.847. The summed E-state index contributed by atoms with van der Waals surface area (Å²) in [5.41, 5.74) is 1.01. The van der Waals surface area contributed by atoms with Gasteiger partial charge in [-0.15, -0.1) is 11.8 Å². The smallest absolute Gasteiger partial charge is 0.228 e. The lowest BCUT2D eigenvalue weighted by Gasteiger charge is -2.24.